The molecule has 0 atom stereocenters. The van der Waals surface area contributed by atoms with Crippen molar-refractivity contribution in [3.63, 3.8) is 0 Å². The lowest BCUT2D eigenvalue weighted by Gasteiger charge is -2.22. The predicted molar refractivity (Wildman–Crippen MR) is 68.2 cm³/mol. The van der Waals surface area contributed by atoms with Gasteiger partial charge in [0, 0.05) is 13.1 Å². The number of hydrogen-bond donors (Lipinski definition) is 1. The van der Waals surface area contributed by atoms with E-state index in [4.69, 9.17) is 5.11 Å². The molecule has 0 amide bonds. The van der Waals surface area contributed by atoms with Crippen molar-refractivity contribution < 1.29 is 18.3 Å². The summed E-state index contributed by atoms with van der Waals surface area (Å²) in [7, 11) is -2.18. The molecule has 5 nitrogen and oxygen atoms in total. The zero-order valence-electron chi connectivity index (χ0n) is 10.8. The molecule has 1 rings (SSSR count). The van der Waals surface area contributed by atoms with E-state index in [2.05, 4.69) is 0 Å². The van der Waals surface area contributed by atoms with Gasteiger partial charge in [-0.05, 0) is 38.5 Å². The molecule has 100 valence electrons. The molecule has 0 saturated heterocycles. The molecule has 0 aliphatic carbocycles. The fraction of sp³-hybridized carbons (Fsp3) is 0.417. The largest absolute Gasteiger partial charge is 0.478 e. The molecule has 0 fully saturated rings. The first kappa shape index (κ1) is 14.7. The Kier molecular flexibility index (Phi) is 4.13. The van der Waals surface area contributed by atoms with Crippen LogP contribution in [0.15, 0.2) is 23.1 Å². The number of aryl methyl sites for hydroxylation is 1. The van der Waals surface area contributed by atoms with Crippen LogP contribution in [0.3, 0.4) is 0 Å². The topological polar surface area (TPSA) is 74.7 Å². The SMILES string of the molecule is Cc1ccc(C(=O)O)cc1S(=O)(=O)N(C)C(C)C. The number of hydrogen-bond acceptors (Lipinski definition) is 3. The summed E-state index contributed by atoms with van der Waals surface area (Å²) in [5.74, 6) is -1.14. The molecule has 6 heteroatoms. The van der Waals surface area contributed by atoms with Gasteiger partial charge in [0.25, 0.3) is 0 Å². The van der Waals surface area contributed by atoms with Gasteiger partial charge in [-0.3, -0.25) is 0 Å². The fourth-order valence-corrected chi connectivity index (χ4v) is 3.06. The van der Waals surface area contributed by atoms with E-state index in [0.717, 1.165) is 0 Å². The number of carboxylic acid groups (broad SMARTS) is 1. The minimum absolute atomic E-state index is 0.0312. The second-order valence-corrected chi connectivity index (χ2v) is 6.37. The molecular formula is C12H17NO4S. The fourth-order valence-electron chi connectivity index (χ4n) is 1.44. The van der Waals surface area contributed by atoms with Gasteiger partial charge in [-0.15, -0.1) is 0 Å². The van der Waals surface area contributed by atoms with Gasteiger partial charge in [-0.25, -0.2) is 13.2 Å². The summed E-state index contributed by atoms with van der Waals surface area (Å²) in [6.45, 7) is 5.16. The predicted octanol–water partition coefficient (Wildman–Crippen LogP) is 1.72. The van der Waals surface area contributed by atoms with Crippen LogP contribution in [0.1, 0.15) is 29.8 Å². The number of sulfonamides is 1. The maximum atomic E-state index is 12.3. The highest BCUT2D eigenvalue weighted by Crippen LogP contribution is 2.21. The zero-order valence-corrected chi connectivity index (χ0v) is 11.7. The van der Waals surface area contributed by atoms with Crippen molar-refractivity contribution in [1.29, 1.82) is 0 Å². The Bertz CT molecular complexity index is 563. The van der Waals surface area contributed by atoms with Crippen molar-refractivity contribution in [1.82, 2.24) is 4.31 Å². The molecule has 0 aliphatic heterocycles. The van der Waals surface area contributed by atoms with Gasteiger partial charge in [0.2, 0.25) is 10.0 Å². The summed E-state index contributed by atoms with van der Waals surface area (Å²) < 4.78 is 25.8. The van der Waals surface area contributed by atoms with Gasteiger partial charge < -0.3 is 5.11 Å². The summed E-state index contributed by atoms with van der Waals surface area (Å²) in [4.78, 5) is 10.9. The third-order valence-electron chi connectivity index (χ3n) is 2.82. The van der Waals surface area contributed by atoms with Gasteiger partial charge in [0.05, 0.1) is 10.5 Å². The van der Waals surface area contributed by atoms with Crippen LogP contribution in [0.25, 0.3) is 0 Å². The number of carboxylic acids is 1. The second-order valence-electron chi connectivity index (χ2n) is 4.40. The van der Waals surface area contributed by atoms with Crippen molar-refractivity contribution in [2.75, 3.05) is 7.05 Å². The molecule has 0 saturated carbocycles. The Labute approximate surface area is 107 Å². The van der Waals surface area contributed by atoms with Crippen LogP contribution in [0.4, 0.5) is 0 Å². The highest BCUT2D eigenvalue weighted by molar-refractivity contribution is 7.89. The molecular weight excluding hydrogens is 254 g/mol. The Balaban J connectivity index is 3.41. The number of rotatable bonds is 4. The Morgan fingerprint density at radius 1 is 1.33 bits per heavy atom. The Morgan fingerprint density at radius 2 is 1.89 bits per heavy atom. The highest BCUT2D eigenvalue weighted by atomic mass is 32.2. The molecule has 0 bridgehead atoms. The van der Waals surface area contributed by atoms with Gasteiger partial charge in [0.15, 0.2) is 0 Å². The summed E-state index contributed by atoms with van der Waals surface area (Å²) in [5.41, 5.74) is 0.504. The second kappa shape index (κ2) is 5.07. The first-order valence-electron chi connectivity index (χ1n) is 5.50. The zero-order chi connectivity index (χ0) is 14.1. The van der Waals surface area contributed by atoms with E-state index in [9.17, 15) is 13.2 Å². The third-order valence-corrected chi connectivity index (χ3v) is 4.99. The van der Waals surface area contributed by atoms with Crippen LogP contribution in [0.2, 0.25) is 0 Å². The Hall–Kier alpha value is -1.40. The van der Waals surface area contributed by atoms with E-state index in [1.165, 1.54) is 29.6 Å². The average Bonchev–Trinajstić information content (AvgIpc) is 2.27. The van der Waals surface area contributed by atoms with Crippen molar-refractivity contribution in [2.45, 2.75) is 31.7 Å². The molecule has 1 aromatic rings. The standard InChI is InChI=1S/C12H17NO4S/c1-8(2)13(4)18(16,17)11-7-10(12(14)15)6-5-9(11)3/h5-8H,1-4H3,(H,14,15). The minimum Gasteiger partial charge on any atom is -0.478 e. The monoisotopic (exact) mass is 271 g/mol. The van der Waals surface area contributed by atoms with Crippen LogP contribution in [-0.2, 0) is 10.0 Å². The van der Waals surface area contributed by atoms with E-state index in [-0.39, 0.29) is 16.5 Å². The smallest absolute Gasteiger partial charge is 0.335 e. The van der Waals surface area contributed by atoms with Crippen molar-refractivity contribution in [3.8, 4) is 0 Å². The molecule has 0 radical (unpaired) electrons. The van der Waals surface area contributed by atoms with Gasteiger partial charge in [0.1, 0.15) is 0 Å². The molecule has 0 aliphatic rings. The van der Waals surface area contributed by atoms with Crippen molar-refractivity contribution in [2.24, 2.45) is 0 Å². The van der Waals surface area contributed by atoms with Crippen LogP contribution in [-0.4, -0.2) is 36.9 Å². The summed E-state index contributed by atoms with van der Waals surface area (Å²) in [6.07, 6.45) is 0. The molecule has 0 unspecified atom stereocenters. The lowest BCUT2D eigenvalue weighted by Crippen LogP contribution is -2.33. The maximum absolute atomic E-state index is 12.3. The first-order valence-corrected chi connectivity index (χ1v) is 6.94. The summed E-state index contributed by atoms with van der Waals surface area (Å²) in [6, 6.07) is 3.91. The van der Waals surface area contributed by atoms with Gasteiger partial charge in [-0.2, -0.15) is 4.31 Å². The molecule has 18 heavy (non-hydrogen) atoms. The highest BCUT2D eigenvalue weighted by Gasteiger charge is 2.25. The quantitative estimate of drug-likeness (QED) is 0.904. The van der Waals surface area contributed by atoms with E-state index >= 15 is 0 Å². The molecule has 0 aromatic heterocycles. The minimum atomic E-state index is -3.65. The normalized spacial score (nSPS) is 12.1. The number of carbonyl (C=O) groups is 1. The lowest BCUT2D eigenvalue weighted by molar-refractivity contribution is 0.0696. The van der Waals surface area contributed by atoms with Crippen LogP contribution in [0.5, 0.6) is 0 Å². The average molecular weight is 271 g/mol. The lowest BCUT2D eigenvalue weighted by atomic mass is 10.1. The van der Waals surface area contributed by atoms with Gasteiger partial charge in [-0.1, -0.05) is 6.07 Å². The van der Waals surface area contributed by atoms with Crippen LogP contribution in [0, 0.1) is 6.92 Å². The van der Waals surface area contributed by atoms with Crippen molar-refractivity contribution >= 4 is 16.0 Å². The number of nitrogens with zero attached hydrogens (tertiary/aromatic N) is 1. The molecule has 0 heterocycles. The van der Waals surface area contributed by atoms with Crippen molar-refractivity contribution in [3.05, 3.63) is 29.3 Å². The molecule has 1 aromatic carbocycles. The first-order chi connectivity index (χ1) is 8.17. The Morgan fingerprint density at radius 3 is 2.33 bits per heavy atom. The van der Waals surface area contributed by atoms with E-state index in [1.807, 2.05) is 0 Å². The third kappa shape index (κ3) is 2.70. The number of aromatic carboxylic acids is 1. The maximum Gasteiger partial charge on any atom is 0.335 e. The van der Waals surface area contributed by atoms with Crippen LogP contribution >= 0.6 is 0 Å². The summed E-state index contributed by atoms with van der Waals surface area (Å²) >= 11 is 0. The van der Waals surface area contributed by atoms with E-state index in [0.29, 0.717) is 5.56 Å². The van der Waals surface area contributed by atoms with E-state index in [1.54, 1.807) is 20.8 Å². The number of benzene rings is 1. The molecule has 1 N–H and O–H groups in total. The summed E-state index contributed by atoms with van der Waals surface area (Å²) in [5, 5.41) is 8.91. The van der Waals surface area contributed by atoms with E-state index < -0.39 is 16.0 Å². The van der Waals surface area contributed by atoms with Gasteiger partial charge >= 0.3 is 5.97 Å². The van der Waals surface area contributed by atoms with Crippen LogP contribution < -0.4 is 0 Å². The molecule has 0 spiro atoms.